The van der Waals surface area contributed by atoms with Crippen LogP contribution in [0.15, 0.2) is 18.2 Å². The van der Waals surface area contributed by atoms with E-state index in [4.69, 9.17) is 11.6 Å². The van der Waals surface area contributed by atoms with Crippen molar-refractivity contribution in [3.8, 4) is 0 Å². The van der Waals surface area contributed by atoms with Crippen molar-refractivity contribution in [2.75, 3.05) is 0 Å². The largest absolute Gasteiger partial charge is 0.479 e. The SMILES string of the molecule is CCCc1nc(C)c(C(=O)NC(C(=O)O)c2ccc(Cl)c(F)c2)s1. The van der Waals surface area contributed by atoms with Crippen LogP contribution in [0.25, 0.3) is 0 Å². The topological polar surface area (TPSA) is 79.3 Å². The van der Waals surface area contributed by atoms with Gasteiger partial charge in [0.25, 0.3) is 5.91 Å². The number of aliphatic carboxylic acids is 1. The molecule has 0 radical (unpaired) electrons. The van der Waals surface area contributed by atoms with Gasteiger partial charge in [-0.15, -0.1) is 11.3 Å². The highest BCUT2D eigenvalue weighted by Gasteiger charge is 2.25. The Hall–Kier alpha value is -1.99. The lowest BCUT2D eigenvalue weighted by Gasteiger charge is -2.15. The normalized spacial score (nSPS) is 12.0. The molecule has 1 aromatic carbocycles. The second kappa shape index (κ2) is 7.72. The highest BCUT2D eigenvalue weighted by atomic mass is 35.5. The lowest BCUT2D eigenvalue weighted by molar-refractivity contribution is -0.139. The number of hydrogen-bond acceptors (Lipinski definition) is 4. The molecular weight excluding hydrogens is 355 g/mol. The van der Waals surface area contributed by atoms with E-state index in [-0.39, 0.29) is 10.6 Å². The Morgan fingerprint density at radius 1 is 1.46 bits per heavy atom. The molecular formula is C16H16ClFN2O3S. The minimum Gasteiger partial charge on any atom is -0.479 e. The molecule has 5 nitrogen and oxygen atoms in total. The highest BCUT2D eigenvalue weighted by Crippen LogP contribution is 2.23. The van der Waals surface area contributed by atoms with Crippen LogP contribution < -0.4 is 5.32 Å². The third kappa shape index (κ3) is 4.10. The summed E-state index contributed by atoms with van der Waals surface area (Å²) in [6, 6.07) is 2.25. The Labute approximate surface area is 147 Å². The molecule has 2 N–H and O–H groups in total. The summed E-state index contributed by atoms with van der Waals surface area (Å²) in [5.74, 6) is -2.58. The van der Waals surface area contributed by atoms with Crippen molar-refractivity contribution in [3.63, 3.8) is 0 Å². The molecule has 0 spiro atoms. The summed E-state index contributed by atoms with van der Waals surface area (Å²) < 4.78 is 13.6. The molecule has 0 bridgehead atoms. The second-order valence-electron chi connectivity index (χ2n) is 5.19. The van der Waals surface area contributed by atoms with Gasteiger partial charge in [-0.1, -0.05) is 24.6 Å². The van der Waals surface area contributed by atoms with Crippen LogP contribution in [0.2, 0.25) is 5.02 Å². The third-order valence-corrected chi connectivity index (χ3v) is 4.83. The van der Waals surface area contributed by atoms with Gasteiger partial charge >= 0.3 is 5.97 Å². The molecule has 0 fully saturated rings. The first kappa shape index (κ1) is 18.4. The van der Waals surface area contributed by atoms with E-state index >= 15 is 0 Å². The fraction of sp³-hybridized carbons (Fsp3) is 0.312. The van der Waals surface area contributed by atoms with Crippen molar-refractivity contribution in [2.45, 2.75) is 32.7 Å². The third-order valence-electron chi connectivity index (χ3n) is 3.31. The summed E-state index contributed by atoms with van der Waals surface area (Å²) >= 11 is 6.84. The lowest BCUT2D eigenvalue weighted by atomic mass is 10.1. The molecule has 0 saturated carbocycles. The number of thiazole rings is 1. The van der Waals surface area contributed by atoms with E-state index in [0.29, 0.717) is 10.6 Å². The van der Waals surface area contributed by atoms with Gasteiger partial charge in [-0.3, -0.25) is 4.79 Å². The summed E-state index contributed by atoms with van der Waals surface area (Å²) in [4.78, 5) is 28.5. The minimum absolute atomic E-state index is 0.105. The molecule has 1 heterocycles. The lowest BCUT2D eigenvalue weighted by Crippen LogP contribution is -2.33. The van der Waals surface area contributed by atoms with E-state index in [1.807, 2.05) is 6.92 Å². The number of carboxylic acids is 1. The van der Waals surface area contributed by atoms with Gasteiger partial charge < -0.3 is 10.4 Å². The number of carbonyl (C=O) groups excluding carboxylic acids is 1. The zero-order valence-corrected chi connectivity index (χ0v) is 14.7. The van der Waals surface area contributed by atoms with Gasteiger partial charge in [-0.05, 0) is 37.5 Å². The summed E-state index contributed by atoms with van der Waals surface area (Å²) in [7, 11) is 0. The molecule has 2 rings (SSSR count). The van der Waals surface area contributed by atoms with Crippen LogP contribution in [-0.4, -0.2) is 22.0 Å². The molecule has 2 aromatic rings. The van der Waals surface area contributed by atoms with Crippen molar-refractivity contribution < 1.29 is 19.1 Å². The first-order valence-electron chi connectivity index (χ1n) is 7.28. The van der Waals surface area contributed by atoms with E-state index in [0.717, 1.165) is 23.9 Å². The zero-order chi connectivity index (χ0) is 17.9. The maximum Gasteiger partial charge on any atom is 0.330 e. The predicted octanol–water partition coefficient (Wildman–Crippen LogP) is 3.75. The van der Waals surface area contributed by atoms with Gasteiger partial charge in [0.2, 0.25) is 0 Å². The molecule has 8 heteroatoms. The molecule has 1 aromatic heterocycles. The first-order chi connectivity index (χ1) is 11.3. The Morgan fingerprint density at radius 3 is 2.75 bits per heavy atom. The van der Waals surface area contributed by atoms with Crippen LogP contribution in [0, 0.1) is 12.7 Å². The molecule has 0 aliphatic rings. The van der Waals surface area contributed by atoms with Crippen LogP contribution in [0.3, 0.4) is 0 Å². The van der Waals surface area contributed by atoms with Gasteiger partial charge in [0.1, 0.15) is 10.7 Å². The van der Waals surface area contributed by atoms with Crippen molar-refractivity contribution in [3.05, 3.63) is 50.2 Å². The van der Waals surface area contributed by atoms with Crippen molar-refractivity contribution in [2.24, 2.45) is 0 Å². The Balaban J connectivity index is 2.25. The summed E-state index contributed by atoms with van der Waals surface area (Å²) in [6.07, 6.45) is 1.65. The molecule has 1 unspecified atom stereocenters. The quantitative estimate of drug-likeness (QED) is 0.811. The standard InChI is InChI=1S/C16H16ClFN2O3S/c1-3-4-12-19-8(2)14(24-12)15(21)20-13(16(22)23)9-5-6-10(17)11(18)7-9/h5-7,13H,3-4H2,1-2H3,(H,20,21)(H,22,23). The first-order valence-corrected chi connectivity index (χ1v) is 8.47. The smallest absolute Gasteiger partial charge is 0.330 e. The number of halogens is 2. The van der Waals surface area contributed by atoms with Gasteiger partial charge in [0, 0.05) is 0 Å². The van der Waals surface area contributed by atoms with E-state index in [1.165, 1.54) is 23.5 Å². The van der Waals surface area contributed by atoms with Crippen LogP contribution >= 0.6 is 22.9 Å². The molecule has 0 saturated heterocycles. The van der Waals surface area contributed by atoms with Crippen molar-refractivity contribution >= 4 is 34.8 Å². The number of nitrogens with one attached hydrogen (secondary N) is 1. The number of aryl methyl sites for hydroxylation is 2. The molecule has 24 heavy (non-hydrogen) atoms. The monoisotopic (exact) mass is 370 g/mol. The number of carbonyl (C=O) groups is 2. The van der Waals surface area contributed by atoms with Crippen molar-refractivity contribution in [1.82, 2.24) is 10.3 Å². The van der Waals surface area contributed by atoms with E-state index in [9.17, 15) is 19.1 Å². The second-order valence-corrected chi connectivity index (χ2v) is 6.68. The van der Waals surface area contributed by atoms with Crippen LogP contribution in [0.4, 0.5) is 4.39 Å². The minimum atomic E-state index is -1.37. The van der Waals surface area contributed by atoms with Gasteiger partial charge in [0.05, 0.1) is 15.7 Å². The maximum absolute atomic E-state index is 13.6. The highest BCUT2D eigenvalue weighted by molar-refractivity contribution is 7.13. The summed E-state index contributed by atoms with van der Waals surface area (Å²) in [5.41, 5.74) is 0.654. The maximum atomic E-state index is 13.6. The fourth-order valence-electron chi connectivity index (χ4n) is 2.16. The van der Waals surface area contributed by atoms with Crippen LogP contribution in [0.1, 0.15) is 45.3 Å². The number of nitrogens with zero attached hydrogens (tertiary/aromatic N) is 1. The number of hydrogen-bond donors (Lipinski definition) is 2. The molecule has 1 amide bonds. The van der Waals surface area contributed by atoms with E-state index < -0.39 is 23.7 Å². The number of aromatic nitrogens is 1. The zero-order valence-electron chi connectivity index (χ0n) is 13.1. The number of benzene rings is 1. The summed E-state index contributed by atoms with van der Waals surface area (Å²) in [6.45, 7) is 3.70. The molecule has 0 aliphatic carbocycles. The average Bonchev–Trinajstić information content (AvgIpc) is 2.88. The van der Waals surface area contributed by atoms with E-state index in [1.54, 1.807) is 6.92 Å². The van der Waals surface area contributed by atoms with Gasteiger partial charge in [0.15, 0.2) is 6.04 Å². The van der Waals surface area contributed by atoms with E-state index in [2.05, 4.69) is 10.3 Å². The molecule has 0 aliphatic heterocycles. The summed E-state index contributed by atoms with van der Waals surface area (Å²) in [5, 5.41) is 12.5. The Bertz CT molecular complexity index is 779. The van der Waals surface area contributed by atoms with Crippen LogP contribution in [0.5, 0.6) is 0 Å². The average molecular weight is 371 g/mol. The predicted molar refractivity (Wildman–Crippen MR) is 90.1 cm³/mol. The number of amides is 1. The fourth-order valence-corrected chi connectivity index (χ4v) is 3.35. The van der Waals surface area contributed by atoms with Gasteiger partial charge in [-0.2, -0.15) is 0 Å². The molecule has 1 atom stereocenters. The van der Waals surface area contributed by atoms with Gasteiger partial charge in [-0.25, -0.2) is 14.2 Å². The number of rotatable bonds is 6. The van der Waals surface area contributed by atoms with Crippen LogP contribution in [-0.2, 0) is 11.2 Å². The van der Waals surface area contributed by atoms with Crippen molar-refractivity contribution in [1.29, 1.82) is 0 Å². The Kier molecular flexibility index (Phi) is 5.90. The number of carboxylic acid groups (broad SMARTS) is 1. The molecule has 128 valence electrons. The Morgan fingerprint density at radius 2 is 2.17 bits per heavy atom.